The lowest BCUT2D eigenvalue weighted by Gasteiger charge is -2.47. The lowest BCUT2D eigenvalue weighted by Crippen LogP contribution is -2.66. The molecule has 1 fully saturated rings. The maximum absolute atomic E-state index is 12.8. The average Bonchev–Trinajstić information content (AvgIpc) is 2.74. The number of hydrogen-bond acceptors (Lipinski definition) is 15. The van der Waals surface area contributed by atoms with Gasteiger partial charge in [-0.1, -0.05) is 0 Å². The molecule has 0 amide bonds. The molecule has 1 rings (SSSR count). The van der Waals surface area contributed by atoms with Crippen molar-refractivity contribution < 1.29 is 71.5 Å². The van der Waals surface area contributed by atoms with E-state index in [0.29, 0.717) is 0 Å². The normalized spacial score (nSPS) is 24.4. The van der Waals surface area contributed by atoms with E-state index in [9.17, 15) is 33.6 Å². The van der Waals surface area contributed by atoms with Crippen LogP contribution in [-0.2, 0) is 71.5 Å². The van der Waals surface area contributed by atoms with E-state index in [1.54, 1.807) is 0 Å². The number of ether oxygens (including phenoxy) is 8. The molecule has 1 aliphatic rings. The highest BCUT2D eigenvalue weighted by Gasteiger charge is 2.61. The second-order valence-electron chi connectivity index (χ2n) is 7.87. The monoisotopic (exact) mass is 534 g/mol. The fourth-order valence-corrected chi connectivity index (χ4v) is 3.62. The van der Waals surface area contributed by atoms with Crippen molar-refractivity contribution in [3.05, 3.63) is 0 Å². The molecule has 0 spiro atoms. The highest BCUT2D eigenvalue weighted by Crippen LogP contribution is 2.38. The number of carbonyl (C=O) groups is 7. The third-order valence-electron chi connectivity index (χ3n) is 4.67. The number of rotatable bonds is 10. The Bertz CT molecular complexity index is 912. The molecule has 0 aromatic rings. The molecule has 0 aromatic heterocycles. The Morgan fingerprint density at radius 3 is 1.78 bits per heavy atom. The van der Waals surface area contributed by atoms with Crippen LogP contribution in [0.4, 0.5) is 0 Å². The quantitative estimate of drug-likeness (QED) is 0.257. The van der Waals surface area contributed by atoms with Gasteiger partial charge in [0.1, 0.15) is 18.8 Å². The molecule has 37 heavy (non-hydrogen) atoms. The van der Waals surface area contributed by atoms with E-state index in [2.05, 4.69) is 0 Å². The minimum atomic E-state index is -2.58. The molecule has 208 valence electrons. The van der Waals surface area contributed by atoms with Crippen molar-refractivity contribution in [3.8, 4) is 0 Å². The molecule has 1 heterocycles. The number of esters is 7. The lowest BCUT2D eigenvalue weighted by molar-refractivity contribution is -0.321. The lowest BCUT2D eigenvalue weighted by atomic mass is 9.89. The summed E-state index contributed by atoms with van der Waals surface area (Å²) in [5, 5.41) is 0. The van der Waals surface area contributed by atoms with Gasteiger partial charge >= 0.3 is 47.6 Å². The van der Waals surface area contributed by atoms with Gasteiger partial charge in [0.2, 0.25) is 0 Å². The SMILES string of the molecule is COC(=O)[C@@]1(OC(C)=O)C[C@H](OC(C)=O)[C@@H](OC(C)=O)[C@H]([C@H](OC(C)=O)[C@H](COC(C)=O)OC(C)=O)O1. The Balaban J connectivity index is 3.83. The highest BCUT2D eigenvalue weighted by molar-refractivity contribution is 5.82. The van der Waals surface area contributed by atoms with Gasteiger partial charge in [-0.25, -0.2) is 4.79 Å². The Kier molecular flexibility index (Phi) is 11.4. The van der Waals surface area contributed by atoms with Crippen LogP contribution in [0.1, 0.15) is 48.0 Å². The van der Waals surface area contributed by atoms with E-state index < -0.39 is 91.1 Å². The van der Waals surface area contributed by atoms with E-state index in [-0.39, 0.29) is 0 Å². The summed E-state index contributed by atoms with van der Waals surface area (Å²) >= 11 is 0. The summed E-state index contributed by atoms with van der Waals surface area (Å²) in [6.45, 7) is 5.37. The largest absolute Gasteiger partial charge is 0.464 e. The highest BCUT2D eigenvalue weighted by atomic mass is 16.8. The van der Waals surface area contributed by atoms with Gasteiger partial charge in [-0.05, 0) is 0 Å². The van der Waals surface area contributed by atoms with Crippen LogP contribution in [0, 0.1) is 0 Å². The van der Waals surface area contributed by atoms with Crippen LogP contribution in [-0.4, -0.2) is 91.8 Å². The molecule has 15 nitrogen and oxygen atoms in total. The third kappa shape index (κ3) is 9.33. The summed E-state index contributed by atoms with van der Waals surface area (Å²) in [6.07, 6.45) is -8.97. The summed E-state index contributed by atoms with van der Waals surface area (Å²) < 4.78 is 41.6. The van der Waals surface area contributed by atoms with Crippen molar-refractivity contribution in [1.82, 2.24) is 0 Å². The predicted molar refractivity (Wildman–Crippen MR) is 115 cm³/mol. The van der Waals surface area contributed by atoms with E-state index in [4.69, 9.17) is 37.9 Å². The van der Waals surface area contributed by atoms with Gasteiger partial charge in [0.15, 0.2) is 18.3 Å². The first-order valence-corrected chi connectivity index (χ1v) is 10.9. The van der Waals surface area contributed by atoms with Crippen LogP contribution >= 0.6 is 0 Å². The van der Waals surface area contributed by atoms with Gasteiger partial charge in [-0.15, -0.1) is 0 Å². The van der Waals surface area contributed by atoms with Crippen LogP contribution in [0.2, 0.25) is 0 Å². The summed E-state index contributed by atoms with van der Waals surface area (Å²) in [5.74, 6) is -9.28. The minimum absolute atomic E-state index is 0.670. The van der Waals surface area contributed by atoms with Gasteiger partial charge in [0.25, 0.3) is 0 Å². The van der Waals surface area contributed by atoms with Gasteiger partial charge < -0.3 is 37.9 Å². The molecule has 0 aliphatic carbocycles. The molecule has 1 aliphatic heterocycles. The molecular formula is C22H30O15. The predicted octanol–water partition coefficient (Wildman–Crippen LogP) is -0.502. The van der Waals surface area contributed by atoms with Gasteiger partial charge in [0, 0.05) is 41.5 Å². The van der Waals surface area contributed by atoms with Crippen LogP contribution in [0.3, 0.4) is 0 Å². The minimum Gasteiger partial charge on any atom is -0.464 e. The molecular weight excluding hydrogens is 504 g/mol. The van der Waals surface area contributed by atoms with Crippen LogP contribution in [0.25, 0.3) is 0 Å². The Morgan fingerprint density at radius 2 is 1.35 bits per heavy atom. The maximum Gasteiger partial charge on any atom is 0.379 e. The standard InChI is InChI=1S/C22H30O15/c1-10(23)31-9-17(33-12(3)25)19(35-14(5)27)20-18(34-13(4)26)16(32-11(2)24)8-22(37-20,21(29)30-7)36-15(6)28/h16-20H,8-9H2,1-7H3/t16-,17-,18+,19+,20+,22+/m0/s1. The van der Waals surface area contributed by atoms with Crippen molar-refractivity contribution in [2.24, 2.45) is 0 Å². The van der Waals surface area contributed by atoms with E-state index in [1.807, 2.05) is 0 Å². The molecule has 0 aromatic carbocycles. The Morgan fingerprint density at radius 1 is 0.784 bits per heavy atom. The van der Waals surface area contributed by atoms with Crippen molar-refractivity contribution in [3.63, 3.8) is 0 Å². The Labute approximate surface area is 211 Å². The first-order chi connectivity index (χ1) is 17.1. The zero-order chi connectivity index (χ0) is 28.5. The number of carbonyl (C=O) groups excluding carboxylic acids is 7. The fraction of sp³-hybridized carbons (Fsp3) is 0.682. The molecule has 0 unspecified atom stereocenters. The zero-order valence-corrected chi connectivity index (χ0v) is 21.4. The van der Waals surface area contributed by atoms with E-state index in [0.717, 1.165) is 48.7 Å². The molecule has 15 heteroatoms. The topological polar surface area (TPSA) is 193 Å². The molecule has 0 N–H and O–H groups in total. The molecule has 0 bridgehead atoms. The van der Waals surface area contributed by atoms with E-state index in [1.165, 1.54) is 0 Å². The van der Waals surface area contributed by atoms with Crippen LogP contribution < -0.4 is 0 Å². The third-order valence-corrected chi connectivity index (χ3v) is 4.67. The second-order valence-corrected chi connectivity index (χ2v) is 7.87. The van der Waals surface area contributed by atoms with Gasteiger partial charge in [0.05, 0.1) is 13.5 Å². The maximum atomic E-state index is 12.8. The van der Waals surface area contributed by atoms with Gasteiger partial charge in [-0.3, -0.25) is 28.8 Å². The fourth-order valence-electron chi connectivity index (χ4n) is 3.62. The van der Waals surface area contributed by atoms with Crippen molar-refractivity contribution in [2.75, 3.05) is 13.7 Å². The summed E-state index contributed by atoms with van der Waals surface area (Å²) in [4.78, 5) is 83.9. The number of hydrogen-bond donors (Lipinski definition) is 0. The molecule has 6 atom stereocenters. The molecule has 1 saturated heterocycles. The molecule has 0 saturated carbocycles. The van der Waals surface area contributed by atoms with Crippen LogP contribution in [0.5, 0.6) is 0 Å². The first kappa shape index (κ1) is 31.3. The van der Waals surface area contributed by atoms with Crippen molar-refractivity contribution >= 4 is 41.8 Å². The smallest absolute Gasteiger partial charge is 0.379 e. The van der Waals surface area contributed by atoms with Crippen LogP contribution in [0.15, 0.2) is 0 Å². The summed E-state index contributed by atoms with van der Waals surface area (Å²) in [6, 6.07) is 0. The zero-order valence-electron chi connectivity index (χ0n) is 21.4. The Hall–Kier alpha value is -3.75. The summed E-state index contributed by atoms with van der Waals surface area (Å²) in [5.41, 5.74) is 0. The van der Waals surface area contributed by atoms with E-state index >= 15 is 0 Å². The van der Waals surface area contributed by atoms with Gasteiger partial charge in [-0.2, -0.15) is 0 Å². The summed E-state index contributed by atoms with van der Waals surface area (Å²) in [7, 11) is 0.955. The molecule has 0 radical (unpaired) electrons. The average molecular weight is 534 g/mol. The number of methoxy groups -OCH3 is 1. The van der Waals surface area contributed by atoms with Crippen molar-refractivity contribution in [2.45, 2.75) is 84.3 Å². The second kappa shape index (κ2) is 13.5. The first-order valence-electron chi connectivity index (χ1n) is 10.9. The van der Waals surface area contributed by atoms with Crippen molar-refractivity contribution in [1.29, 1.82) is 0 Å².